The first-order valence-electron chi connectivity index (χ1n) is 9.03. The molecule has 128 valence electrons. The molecule has 0 spiro atoms. The van der Waals surface area contributed by atoms with Gasteiger partial charge >= 0.3 is 0 Å². The molecule has 1 aliphatic heterocycles. The molecule has 0 unspecified atom stereocenters. The van der Waals surface area contributed by atoms with Crippen molar-refractivity contribution in [1.29, 1.82) is 0 Å². The van der Waals surface area contributed by atoms with Gasteiger partial charge in [-0.1, -0.05) is 42.5 Å². The lowest BCUT2D eigenvalue weighted by molar-refractivity contribution is 0.186. The number of benzene rings is 2. The highest BCUT2D eigenvalue weighted by Gasteiger charge is 2.21. The van der Waals surface area contributed by atoms with Crippen molar-refractivity contribution in [1.82, 2.24) is 14.5 Å². The minimum absolute atomic E-state index is 0.0911. The molecular weight excluding hydrogens is 310 g/mol. The van der Waals surface area contributed by atoms with Gasteiger partial charge in [0, 0.05) is 25.7 Å². The van der Waals surface area contributed by atoms with Crippen LogP contribution in [-0.2, 0) is 6.42 Å². The van der Waals surface area contributed by atoms with Gasteiger partial charge in [-0.2, -0.15) is 0 Å². The zero-order valence-electron chi connectivity index (χ0n) is 14.3. The van der Waals surface area contributed by atoms with Crippen LogP contribution in [-0.4, -0.2) is 34.1 Å². The largest absolute Gasteiger partial charge is 0.303 e. The molecule has 0 saturated carbocycles. The fraction of sp³-hybridized carbons (Fsp3) is 0.333. The molecule has 4 nitrogen and oxygen atoms in total. The van der Waals surface area contributed by atoms with Crippen LogP contribution in [0, 0.1) is 0 Å². The number of nitrogens with zero attached hydrogens (tertiary/aromatic N) is 3. The summed E-state index contributed by atoms with van der Waals surface area (Å²) in [5, 5.41) is 0.719. The van der Waals surface area contributed by atoms with Gasteiger partial charge < -0.3 is 4.90 Å². The summed E-state index contributed by atoms with van der Waals surface area (Å²) in [5.41, 5.74) is 2.26. The molecule has 0 radical (unpaired) electrons. The van der Waals surface area contributed by atoms with Crippen molar-refractivity contribution < 1.29 is 0 Å². The van der Waals surface area contributed by atoms with Crippen molar-refractivity contribution in [2.75, 3.05) is 19.6 Å². The van der Waals surface area contributed by atoms with Crippen LogP contribution in [0.2, 0.25) is 0 Å². The molecule has 1 aromatic heterocycles. The molecule has 2 aromatic carbocycles. The molecule has 4 heteroatoms. The fourth-order valence-electron chi connectivity index (χ4n) is 3.70. The maximum atomic E-state index is 12.7. The van der Waals surface area contributed by atoms with E-state index in [1.165, 1.54) is 5.56 Å². The second-order valence-corrected chi connectivity index (χ2v) is 6.78. The molecule has 0 amide bonds. The van der Waals surface area contributed by atoms with Gasteiger partial charge in [-0.3, -0.25) is 9.36 Å². The SMILES string of the molecule is O=c1c2ccccc2ncn1C1CCN(CCc2ccccc2)CC1. The highest BCUT2D eigenvalue weighted by molar-refractivity contribution is 5.76. The van der Waals surface area contributed by atoms with Crippen molar-refractivity contribution in [3.8, 4) is 0 Å². The predicted octanol–water partition coefficient (Wildman–Crippen LogP) is 3.28. The highest BCUT2D eigenvalue weighted by Crippen LogP contribution is 2.21. The molecule has 3 aromatic rings. The van der Waals surface area contributed by atoms with Gasteiger partial charge in [-0.25, -0.2) is 4.98 Å². The topological polar surface area (TPSA) is 38.1 Å². The molecule has 0 bridgehead atoms. The first kappa shape index (κ1) is 16.0. The van der Waals surface area contributed by atoms with E-state index in [0.29, 0.717) is 0 Å². The Morgan fingerprint density at radius 2 is 1.68 bits per heavy atom. The molecule has 0 aliphatic carbocycles. The Bertz CT molecular complexity index is 896. The van der Waals surface area contributed by atoms with Gasteiger partial charge in [0.15, 0.2) is 0 Å². The van der Waals surface area contributed by atoms with E-state index in [1.54, 1.807) is 6.33 Å². The lowest BCUT2D eigenvalue weighted by Crippen LogP contribution is -2.38. The van der Waals surface area contributed by atoms with Crippen molar-refractivity contribution in [3.05, 3.63) is 76.8 Å². The van der Waals surface area contributed by atoms with Gasteiger partial charge in [0.05, 0.1) is 17.2 Å². The average Bonchev–Trinajstić information content (AvgIpc) is 2.68. The zero-order chi connectivity index (χ0) is 17.1. The lowest BCUT2D eigenvalue weighted by Gasteiger charge is -2.32. The van der Waals surface area contributed by atoms with Crippen LogP contribution in [0.1, 0.15) is 24.4 Å². The van der Waals surface area contributed by atoms with Crippen LogP contribution in [0.5, 0.6) is 0 Å². The molecule has 1 aliphatic rings. The number of rotatable bonds is 4. The van der Waals surface area contributed by atoms with Crippen molar-refractivity contribution in [3.63, 3.8) is 0 Å². The zero-order valence-corrected chi connectivity index (χ0v) is 14.3. The standard InChI is InChI=1S/C21H23N3O/c25-21-19-8-4-5-9-20(19)22-16-24(21)18-11-14-23(15-12-18)13-10-17-6-2-1-3-7-17/h1-9,16,18H,10-15H2. The number of hydrogen-bond acceptors (Lipinski definition) is 3. The van der Waals surface area contributed by atoms with Crippen molar-refractivity contribution in [2.24, 2.45) is 0 Å². The Labute approximate surface area is 147 Å². The Hall–Kier alpha value is -2.46. The Kier molecular flexibility index (Phi) is 4.61. The molecule has 2 heterocycles. The van der Waals surface area contributed by atoms with Crippen LogP contribution < -0.4 is 5.56 Å². The van der Waals surface area contributed by atoms with Crippen LogP contribution >= 0.6 is 0 Å². The van der Waals surface area contributed by atoms with Crippen LogP contribution in [0.25, 0.3) is 10.9 Å². The van der Waals surface area contributed by atoms with E-state index < -0.39 is 0 Å². The van der Waals surface area contributed by atoms with Crippen molar-refractivity contribution >= 4 is 10.9 Å². The predicted molar refractivity (Wildman–Crippen MR) is 101 cm³/mol. The van der Waals surface area contributed by atoms with Gasteiger partial charge in [-0.05, 0) is 37.0 Å². The number of aromatic nitrogens is 2. The second-order valence-electron chi connectivity index (χ2n) is 6.78. The molecule has 1 saturated heterocycles. The third kappa shape index (κ3) is 3.49. The van der Waals surface area contributed by atoms with Gasteiger partial charge in [-0.15, -0.1) is 0 Å². The smallest absolute Gasteiger partial charge is 0.261 e. The molecule has 25 heavy (non-hydrogen) atoms. The Morgan fingerprint density at radius 3 is 2.48 bits per heavy atom. The Morgan fingerprint density at radius 1 is 0.960 bits per heavy atom. The minimum Gasteiger partial charge on any atom is -0.303 e. The highest BCUT2D eigenvalue weighted by atomic mass is 16.1. The number of fused-ring (bicyclic) bond motifs is 1. The summed E-state index contributed by atoms with van der Waals surface area (Å²) in [7, 11) is 0. The summed E-state index contributed by atoms with van der Waals surface area (Å²) in [6.07, 6.45) is 4.83. The number of hydrogen-bond donors (Lipinski definition) is 0. The van der Waals surface area contributed by atoms with E-state index in [9.17, 15) is 4.79 Å². The monoisotopic (exact) mass is 333 g/mol. The van der Waals surface area contributed by atoms with E-state index in [4.69, 9.17) is 0 Å². The summed E-state index contributed by atoms with van der Waals surface area (Å²) < 4.78 is 1.84. The molecular formula is C21H23N3O. The fourth-order valence-corrected chi connectivity index (χ4v) is 3.70. The molecule has 0 atom stereocenters. The van der Waals surface area contributed by atoms with E-state index in [0.717, 1.165) is 49.8 Å². The third-order valence-electron chi connectivity index (χ3n) is 5.20. The van der Waals surface area contributed by atoms with Gasteiger partial charge in [0.25, 0.3) is 5.56 Å². The van der Waals surface area contributed by atoms with E-state index in [2.05, 4.69) is 40.2 Å². The van der Waals surface area contributed by atoms with E-state index >= 15 is 0 Å². The van der Waals surface area contributed by atoms with E-state index in [1.807, 2.05) is 28.8 Å². The minimum atomic E-state index is 0.0911. The number of para-hydroxylation sites is 1. The summed E-state index contributed by atoms with van der Waals surface area (Å²) in [6.45, 7) is 3.16. The summed E-state index contributed by atoms with van der Waals surface area (Å²) in [4.78, 5) is 19.7. The lowest BCUT2D eigenvalue weighted by atomic mass is 10.0. The second kappa shape index (κ2) is 7.19. The Balaban J connectivity index is 1.40. The summed E-state index contributed by atoms with van der Waals surface area (Å²) in [6, 6.07) is 18.5. The van der Waals surface area contributed by atoms with Crippen molar-refractivity contribution in [2.45, 2.75) is 25.3 Å². The quantitative estimate of drug-likeness (QED) is 0.735. The van der Waals surface area contributed by atoms with Crippen LogP contribution in [0.3, 0.4) is 0 Å². The summed E-state index contributed by atoms with van der Waals surface area (Å²) in [5.74, 6) is 0. The normalized spacial score (nSPS) is 16.3. The third-order valence-corrected chi connectivity index (χ3v) is 5.20. The van der Waals surface area contributed by atoms with Crippen LogP contribution in [0.4, 0.5) is 0 Å². The van der Waals surface area contributed by atoms with E-state index in [-0.39, 0.29) is 11.6 Å². The van der Waals surface area contributed by atoms with Crippen LogP contribution in [0.15, 0.2) is 65.7 Å². The molecule has 4 rings (SSSR count). The molecule has 0 N–H and O–H groups in total. The first-order valence-corrected chi connectivity index (χ1v) is 9.03. The number of piperidine rings is 1. The number of likely N-dealkylation sites (tertiary alicyclic amines) is 1. The molecule has 1 fully saturated rings. The van der Waals surface area contributed by atoms with Gasteiger partial charge in [0.2, 0.25) is 0 Å². The summed E-state index contributed by atoms with van der Waals surface area (Å²) >= 11 is 0. The van der Waals surface area contributed by atoms with Gasteiger partial charge in [0.1, 0.15) is 0 Å². The first-order chi connectivity index (χ1) is 12.3. The average molecular weight is 333 g/mol. The maximum Gasteiger partial charge on any atom is 0.261 e. The maximum absolute atomic E-state index is 12.7.